The highest BCUT2D eigenvalue weighted by Gasteiger charge is 2.08. The number of terminal acetylenes is 1. The molecule has 0 bridgehead atoms. The van der Waals surface area contributed by atoms with Crippen LogP contribution in [0.4, 0.5) is 0 Å². The van der Waals surface area contributed by atoms with Crippen molar-refractivity contribution in [2.45, 2.75) is 12.8 Å². The van der Waals surface area contributed by atoms with Gasteiger partial charge in [0.05, 0.1) is 0 Å². The zero-order valence-corrected chi connectivity index (χ0v) is 7.83. The van der Waals surface area contributed by atoms with Crippen LogP contribution in [0.1, 0.15) is 12.8 Å². The van der Waals surface area contributed by atoms with Crippen LogP contribution in [-0.4, -0.2) is 23.9 Å². The molecule has 0 aliphatic heterocycles. The highest BCUT2D eigenvalue weighted by molar-refractivity contribution is 5.76. The summed E-state index contributed by atoms with van der Waals surface area (Å²) in [6.45, 7) is 8.26. The van der Waals surface area contributed by atoms with Crippen LogP contribution >= 0.6 is 0 Å². The molecule has 0 aliphatic rings. The fourth-order valence-corrected chi connectivity index (χ4v) is 0.927. The smallest absolute Gasteiger partial charge is 0.224 e. The maximum atomic E-state index is 11.4. The van der Waals surface area contributed by atoms with E-state index in [-0.39, 0.29) is 5.91 Å². The second-order valence-corrected chi connectivity index (χ2v) is 2.58. The molecule has 0 aliphatic carbocycles. The summed E-state index contributed by atoms with van der Waals surface area (Å²) in [5, 5.41) is 0. The summed E-state index contributed by atoms with van der Waals surface area (Å²) < 4.78 is 0. The average molecular weight is 177 g/mol. The number of carbonyl (C=O) groups excluding carboxylic acids is 1. The molecule has 0 unspecified atom stereocenters. The highest BCUT2D eigenvalue weighted by atomic mass is 16.2. The van der Waals surface area contributed by atoms with E-state index < -0.39 is 0 Å². The maximum Gasteiger partial charge on any atom is 0.224 e. The molecule has 1 amide bonds. The summed E-state index contributed by atoms with van der Waals surface area (Å²) in [7, 11) is 0. The molecule has 0 aromatic carbocycles. The average Bonchev–Trinajstić information content (AvgIpc) is 2.14. The third kappa shape index (κ3) is 4.86. The van der Waals surface area contributed by atoms with E-state index in [2.05, 4.69) is 19.1 Å². The van der Waals surface area contributed by atoms with Gasteiger partial charge in [-0.15, -0.1) is 25.5 Å². The van der Waals surface area contributed by atoms with Gasteiger partial charge in [0.2, 0.25) is 5.91 Å². The zero-order chi connectivity index (χ0) is 10.1. The molecular formula is C11H15NO. The van der Waals surface area contributed by atoms with Gasteiger partial charge in [-0.1, -0.05) is 12.2 Å². The fraction of sp³-hybridized carbons (Fsp3) is 0.364. The molecule has 0 saturated heterocycles. The molecule has 0 heterocycles. The second kappa shape index (κ2) is 7.17. The number of rotatable bonds is 6. The van der Waals surface area contributed by atoms with Crippen LogP contribution in [0, 0.1) is 12.3 Å². The van der Waals surface area contributed by atoms with E-state index in [0.29, 0.717) is 25.9 Å². The number of nitrogens with zero attached hydrogens (tertiary/aromatic N) is 1. The Balaban J connectivity index is 4.03. The van der Waals surface area contributed by atoms with E-state index in [9.17, 15) is 4.79 Å². The maximum absolute atomic E-state index is 11.4. The van der Waals surface area contributed by atoms with Gasteiger partial charge in [0.15, 0.2) is 0 Å². The summed E-state index contributed by atoms with van der Waals surface area (Å²) in [5.41, 5.74) is 0. The van der Waals surface area contributed by atoms with E-state index in [4.69, 9.17) is 6.42 Å². The Kier molecular flexibility index (Phi) is 6.35. The summed E-state index contributed by atoms with van der Waals surface area (Å²) in [5.74, 6) is 2.49. The van der Waals surface area contributed by atoms with Gasteiger partial charge in [-0.25, -0.2) is 0 Å². The van der Waals surface area contributed by atoms with Crippen LogP contribution in [0.15, 0.2) is 25.3 Å². The normalized spacial score (nSPS) is 8.54. The Morgan fingerprint density at radius 3 is 2.31 bits per heavy atom. The molecule has 2 nitrogen and oxygen atoms in total. The van der Waals surface area contributed by atoms with Gasteiger partial charge in [-0.05, 0) is 0 Å². The molecule has 0 saturated carbocycles. The van der Waals surface area contributed by atoms with Crippen molar-refractivity contribution in [1.82, 2.24) is 4.90 Å². The van der Waals surface area contributed by atoms with Gasteiger partial charge in [0.1, 0.15) is 0 Å². The Morgan fingerprint density at radius 1 is 1.38 bits per heavy atom. The largest absolute Gasteiger partial charge is 0.335 e. The second-order valence-electron chi connectivity index (χ2n) is 2.58. The lowest BCUT2D eigenvalue weighted by atomic mass is 10.3. The van der Waals surface area contributed by atoms with E-state index in [1.165, 1.54) is 0 Å². The lowest BCUT2D eigenvalue weighted by Crippen LogP contribution is -2.30. The van der Waals surface area contributed by atoms with Gasteiger partial charge >= 0.3 is 0 Å². The van der Waals surface area contributed by atoms with Crippen molar-refractivity contribution in [3.8, 4) is 12.3 Å². The van der Waals surface area contributed by atoms with Crippen LogP contribution < -0.4 is 0 Å². The number of amides is 1. The van der Waals surface area contributed by atoms with Gasteiger partial charge in [-0.2, -0.15) is 0 Å². The lowest BCUT2D eigenvalue weighted by Gasteiger charge is -2.18. The van der Waals surface area contributed by atoms with Crippen molar-refractivity contribution >= 4 is 5.91 Å². The van der Waals surface area contributed by atoms with Crippen LogP contribution in [0.2, 0.25) is 0 Å². The van der Waals surface area contributed by atoms with E-state index >= 15 is 0 Å². The third-order valence-electron chi connectivity index (χ3n) is 1.53. The number of hydrogen-bond donors (Lipinski definition) is 0. The van der Waals surface area contributed by atoms with E-state index in [0.717, 1.165) is 0 Å². The van der Waals surface area contributed by atoms with Crippen LogP contribution in [0.3, 0.4) is 0 Å². The molecule has 0 fully saturated rings. The van der Waals surface area contributed by atoms with Crippen molar-refractivity contribution in [3.05, 3.63) is 25.3 Å². The summed E-state index contributed by atoms with van der Waals surface area (Å²) in [6.07, 6.45) is 9.34. The summed E-state index contributed by atoms with van der Waals surface area (Å²) in [6, 6.07) is 0. The predicted octanol–water partition coefficient (Wildman–Crippen LogP) is 1.60. The fourth-order valence-electron chi connectivity index (χ4n) is 0.927. The number of carbonyl (C=O) groups is 1. The molecule has 0 radical (unpaired) electrons. The number of hydrogen-bond acceptors (Lipinski definition) is 1. The molecule has 13 heavy (non-hydrogen) atoms. The molecule has 0 aromatic rings. The van der Waals surface area contributed by atoms with Crippen molar-refractivity contribution in [2.75, 3.05) is 13.1 Å². The minimum Gasteiger partial charge on any atom is -0.335 e. The van der Waals surface area contributed by atoms with Crippen LogP contribution in [0.5, 0.6) is 0 Å². The molecule has 0 N–H and O–H groups in total. The molecule has 0 rings (SSSR count). The minimum absolute atomic E-state index is 0.0535. The Hall–Kier alpha value is -1.49. The predicted molar refractivity (Wildman–Crippen MR) is 55.0 cm³/mol. The summed E-state index contributed by atoms with van der Waals surface area (Å²) >= 11 is 0. The van der Waals surface area contributed by atoms with Crippen molar-refractivity contribution in [3.63, 3.8) is 0 Å². The third-order valence-corrected chi connectivity index (χ3v) is 1.53. The molecule has 0 spiro atoms. The standard InChI is InChI=1S/C11H15NO/c1-4-7-8-11(13)12(9-5-2)10-6-3/h1,5-6H,2-3,7-10H2. The van der Waals surface area contributed by atoms with Crippen LogP contribution in [0.25, 0.3) is 0 Å². The van der Waals surface area contributed by atoms with E-state index in [1.54, 1.807) is 17.1 Å². The molecule has 0 atom stereocenters. The first-order valence-corrected chi connectivity index (χ1v) is 4.19. The minimum atomic E-state index is 0.0535. The topological polar surface area (TPSA) is 20.3 Å². The van der Waals surface area contributed by atoms with Crippen molar-refractivity contribution in [2.24, 2.45) is 0 Å². The van der Waals surface area contributed by atoms with Gasteiger partial charge in [-0.3, -0.25) is 4.79 Å². The monoisotopic (exact) mass is 177 g/mol. The van der Waals surface area contributed by atoms with E-state index in [1.807, 2.05) is 0 Å². The van der Waals surface area contributed by atoms with Gasteiger partial charge in [0.25, 0.3) is 0 Å². The SMILES string of the molecule is C#CCCC(=O)N(CC=C)CC=C. The lowest BCUT2D eigenvalue weighted by molar-refractivity contribution is -0.130. The Labute approximate surface area is 79.9 Å². The Morgan fingerprint density at radius 2 is 1.92 bits per heavy atom. The molecule has 2 heteroatoms. The van der Waals surface area contributed by atoms with Gasteiger partial charge < -0.3 is 4.90 Å². The first kappa shape index (κ1) is 11.5. The van der Waals surface area contributed by atoms with Gasteiger partial charge in [0, 0.05) is 25.9 Å². The zero-order valence-electron chi connectivity index (χ0n) is 7.83. The Bertz CT molecular complexity index is 215. The summed E-state index contributed by atoms with van der Waals surface area (Å²) in [4.78, 5) is 13.1. The van der Waals surface area contributed by atoms with Crippen molar-refractivity contribution in [1.29, 1.82) is 0 Å². The quantitative estimate of drug-likeness (QED) is 0.446. The molecular weight excluding hydrogens is 162 g/mol. The first-order valence-electron chi connectivity index (χ1n) is 4.19. The highest BCUT2D eigenvalue weighted by Crippen LogP contribution is 1.97. The molecule has 0 aromatic heterocycles. The van der Waals surface area contributed by atoms with Crippen LogP contribution in [-0.2, 0) is 4.79 Å². The van der Waals surface area contributed by atoms with Crippen molar-refractivity contribution < 1.29 is 4.79 Å². The molecule has 70 valence electrons. The first-order chi connectivity index (χ1) is 6.26.